The van der Waals surface area contributed by atoms with Crippen molar-refractivity contribution in [2.75, 3.05) is 0 Å². The first-order valence-corrected chi connectivity index (χ1v) is 8.48. The Morgan fingerprint density at radius 1 is 1.00 bits per heavy atom. The summed E-state index contributed by atoms with van der Waals surface area (Å²) in [6.45, 7) is 0. The second-order valence-corrected chi connectivity index (χ2v) is 8.64. The monoisotopic (exact) mass is 269 g/mol. The van der Waals surface area contributed by atoms with Crippen molar-refractivity contribution in [2.45, 2.75) is 12.8 Å². The van der Waals surface area contributed by atoms with E-state index in [2.05, 4.69) is 40.7 Å². The molecule has 0 N–H and O–H groups in total. The van der Waals surface area contributed by atoms with Crippen LogP contribution in [0, 0.1) is 0 Å². The predicted octanol–water partition coefficient (Wildman–Crippen LogP) is -0.272. The van der Waals surface area contributed by atoms with Crippen LogP contribution in [0.1, 0.15) is 12.8 Å². The van der Waals surface area contributed by atoms with Crippen molar-refractivity contribution in [3.05, 3.63) is 43.0 Å². The summed E-state index contributed by atoms with van der Waals surface area (Å²) in [7, 11) is 0. The zero-order chi connectivity index (χ0) is 8.39. The molecule has 0 unspecified atom stereocenters. The van der Waals surface area contributed by atoms with Gasteiger partial charge in [-0.05, 0) is 0 Å². The van der Waals surface area contributed by atoms with Gasteiger partial charge in [-0.3, -0.25) is 0 Å². The van der Waals surface area contributed by atoms with Crippen molar-refractivity contribution in [3.8, 4) is 0 Å². The quantitative estimate of drug-likeness (QED) is 0.648. The molecule has 0 aromatic carbocycles. The molecule has 0 amide bonds. The normalized spacial score (nSPS) is 18.2. The van der Waals surface area contributed by atoms with E-state index in [0.717, 1.165) is 0 Å². The second-order valence-electron chi connectivity index (χ2n) is 3.13. The van der Waals surface area contributed by atoms with Gasteiger partial charge < -0.3 is 12.4 Å². The maximum atomic E-state index is 4.38. The molecule has 0 aromatic rings. The fourth-order valence-corrected chi connectivity index (χ4v) is 5.81. The van der Waals surface area contributed by atoms with Gasteiger partial charge in [0.25, 0.3) is 0 Å². The Hall–Kier alpha value is 0.00312. The fraction of sp³-hybridized carbons (Fsp3) is 0.182. The van der Waals surface area contributed by atoms with Crippen LogP contribution in [0.2, 0.25) is 0 Å². The van der Waals surface area contributed by atoms with Crippen LogP contribution in [-0.4, -0.2) is 4.21 Å². The Bertz CT molecular complexity index is 300. The summed E-state index contributed by atoms with van der Waals surface area (Å²) in [6.07, 6.45) is 15.7. The van der Waals surface area contributed by atoms with Crippen LogP contribution in [0.15, 0.2) is 43.0 Å². The number of halogens is 1. The third-order valence-corrected chi connectivity index (χ3v) is 7.95. The standard InChI is InChI=1S/2C5H5.CH2.ClH.Zr/c2*1-2-4-5-3-1;;;/h2*1-3H,4H2;1H2;1H;/q;;;;+1/p-1. The SMILES string of the molecule is [CH2]=[Zr+]([C]1=CC=CC1)[C]1=CC=CC1.[Cl-]. The van der Waals surface area contributed by atoms with Gasteiger partial charge in [-0.25, -0.2) is 0 Å². The van der Waals surface area contributed by atoms with Gasteiger partial charge in [-0.2, -0.15) is 0 Å². The molecule has 2 aliphatic carbocycles. The molecule has 2 rings (SSSR count). The van der Waals surface area contributed by atoms with Crippen molar-refractivity contribution in [1.82, 2.24) is 0 Å². The Labute approximate surface area is 93.3 Å². The van der Waals surface area contributed by atoms with E-state index < -0.39 is 21.3 Å². The van der Waals surface area contributed by atoms with E-state index in [1.165, 1.54) is 12.8 Å². The van der Waals surface area contributed by atoms with Crippen molar-refractivity contribution < 1.29 is 33.7 Å². The van der Waals surface area contributed by atoms with Crippen LogP contribution in [0.25, 0.3) is 0 Å². The van der Waals surface area contributed by atoms with Gasteiger partial charge in [0, 0.05) is 0 Å². The Balaban J connectivity index is 0.000000845. The van der Waals surface area contributed by atoms with Crippen molar-refractivity contribution in [2.24, 2.45) is 0 Å². The van der Waals surface area contributed by atoms with Crippen LogP contribution in [0.5, 0.6) is 0 Å². The summed E-state index contributed by atoms with van der Waals surface area (Å²) in [5.74, 6) is 0. The molecule has 0 aromatic heterocycles. The average Bonchev–Trinajstić information content (AvgIpc) is 2.77. The molecule has 0 heterocycles. The van der Waals surface area contributed by atoms with E-state index in [1.54, 1.807) is 6.56 Å². The maximum Gasteiger partial charge on any atom is -1.00 e. The molecule has 0 fully saturated rings. The zero-order valence-electron chi connectivity index (χ0n) is 7.46. The predicted molar refractivity (Wildman–Crippen MR) is 50.8 cm³/mol. The first-order valence-electron chi connectivity index (χ1n) is 4.29. The minimum absolute atomic E-state index is 0. The molecule has 0 radical (unpaired) electrons. The number of hydrogen-bond acceptors (Lipinski definition) is 0. The molecule has 0 bridgehead atoms. The van der Waals surface area contributed by atoms with Crippen LogP contribution >= 0.6 is 0 Å². The first-order chi connectivity index (χ1) is 5.88. The molecule has 0 saturated heterocycles. The first kappa shape index (κ1) is 11.1. The largest absolute Gasteiger partial charge is 1.00 e. The van der Waals surface area contributed by atoms with E-state index in [-0.39, 0.29) is 12.4 Å². The van der Waals surface area contributed by atoms with Crippen LogP contribution in [0.3, 0.4) is 0 Å². The van der Waals surface area contributed by atoms with E-state index in [1.807, 2.05) is 0 Å². The van der Waals surface area contributed by atoms with Gasteiger partial charge in [-0.15, -0.1) is 0 Å². The van der Waals surface area contributed by atoms with Gasteiger partial charge in [-0.1, -0.05) is 0 Å². The van der Waals surface area contributed by atoms with Crippen molar-refractivity contribution in [3.63, 3.8) is 0 Å². The molecular formula is C11H12ClZr. The van der Waals surface area contributed by atoms with Gasteiger partial charge in [0.05, 0.1) is 0 Å². The van der Waals surface area contributed by atoms with E-state index >= 15 is 0 Å². The smallest absolute Gasteiger partial charge is 1.00 e. The Morgan fingerprint density at radius 3 is 1.77 bits per heavy atom. The van der Waals surface area contributed by atoms with E-state index in [0.29, 0.717) is 0 Å². The molecule has 2 aliphatic rings. The summed E-state index contributed by atoms with van der Waals surface area (Å²) in [6, 6.07) is 0. The van der Waals surface area contributed by atoms with Crippen molar-refractivity contribution in [1.29, 1.82) is 0 Å². The minimum Gasteiger partial charge on any atom is -1.00 e. The third-order valence-electron chi connectivity index (χ3n) is 2.32. The number of allylic oxidation sites excluding steroid dienone is 8. The summed E-state index contributed by atoms with van der Waals surface area (Å²) < 4.78 is 7.67. The Kier molecular flexibility index (Phi) is 4.28. The van der Waals surface area contributed by atoms with E-state index in [9.17, 15) is 0 Å². The van der Waals surface area contributed by atoms with Gasteiger partial charge in [0.2, 0.25) is 0 Å². The summed E-state index contributed by atoms with van der Waals surface area (Å²) >= 11 is -1.52. The van der Waals surface area contributed by atoms with E-state index in [4.69, 9.17) is 0 Å². The fourth-order valence-electron chi connectivity index (χ4n) is 1.55. The topological polar surface area (TPSA) is 0 Å². The number of rotatable bonds is 2. The summed E-state index contributed by atoms with van der Waals surface area (Å²) in [5, 5.41) is 0. The molecule has 2 heteroatoms. The molecule has 0 nitrogen and oxygen atoms in total. The molecular weight excluding hydrogens is 259 g/mol. The summed E-state index contributed by atoms with van der Waals surface area (Å²) in [4.78, 5) is 0. The summed E-state index contributed by atoms with van der Waals surface area (Å²) in [5.41, 5.74) is 0. The van der Waals surface area contributed by atoms with Crippen LogP contribution < -0.4 is 12.4 Å². The van der Waals surface area contributed by atoms with Gasteiger partial charge >= 0.3 is 81.3 Å². The third kappa shape index (κ3) is 2.48. The average molecular weight is 271 g/mol. The van der Waals surface area contributed by atoms with Crippen LogP contribution in [-0.2, 0) is 21.3 Å². The molecule has 0 saturated carbocycles. The maximum absolute atomic E-state index is 4.38. The molecule has 0 aliphatic heterocycles. The zero-order valence-corrected chi connectivity index (χ0v) is 10.7. The number of hydrogen-bond donors (Lipinski definition) is 0. The Morgan fingerprint density at radius 2 is 1.46 bits per heavy atom. The van der Waals surface area contributed by atoms with Gasteiger partial charge in [0.1, 0.15) is 0 Å². The van der Waals surface area contributed by atoms with Gasteiger partial charge in [0.15, 0.2) is 0 Å². The minimum atomic E-state index is -1.52. The second kappa shape index (κ2) is 5.03. The molecule has 67 valence electrons. The molecule has 0 spiro atoms. The molecule has 13 heavy (non-hydrogen) atoms. The van der Waals surface area contributed by atoms with Crippen LogP contribution in [0.4, 0.5) is 0 Å². The molecule has 0 atom stereocenters. The van der Waals surface area contributed by atoms with Crippen molar-refractivity contribution >= 4 is 4.21 Å².